The Balaban J connectivity index is 3.97. The van der Waals surface area contributed by atoms with Crippen LogP contribution < -0.4 is 0 Å². The van der Waals surface area contributed by atoms with E-state index < -0.39 is 13.7 Å². The molecular formula is C6H13Cl2O4P. The van der Waals surface area contributed by atoms with Crippen LogP contribution in [-0.2, 0) is 9.09 Å². The summed E-state index contributed by atoms with van der Waals surface area (Å²) in [6.45, 7) is -0.385. The molecule has 0 saturated heterocycles. The summed E-state index contributed by atoms with van der Waals surface area (Å²) in [5.41, 5.74) is 0. The standard InChI is InChI=1S/C6H13Cl2O4P/c7-2-1-6(5-8)12-13(10,11)4-3-9/h6,9H,1-5H2,(H,10,11). The number of aliphatic hydroxyl groups excluding tert-OH is 1. The predicted octanol–water partition coefficient (Wildman–Crippen LogP) is 1.42. The van der Waals surface area contributed by atoms with E-state index in [1.54, 1.807) is 0 Å². The molecule has 0 aromatic heterocycles. The molecule has 0 radical (unpaired) electrons. The summed E-state index contributed by atoms with van der Waals surface area (Å²) in [5.74, 6) is 0.430. The summed E-state index contributed by atoms with van der Waals surface area (Å²) >= 11 is 10.9. The van der Waals surface area contributed by atoms with Gasteiger partial charge in [-0.15, -0.1) is 23.2 Å². The third-order valence-corrected chi connectivity index (χ3v) is 3.25. The number of halogens is 2. The van der Waals surface area contributed by atoms with Crippen molar-refractivity contribution in [3.63, 3.8) is 0 Å². The lowest BCUT2D eigenvalue weighted by molar-refractivity contribution is 0.183. The van der Waals surface area contributed by atoms with Gasteiger partial charge in [-0.3, -0.25) is 4.57 Å². The number of rotatable bonds is 7. The fourth-order valence-electron chi connectivity index (χ4n) is 0.692. The largest absolute Gasteiger partial charge is 0.396 e. The monoisotopic (exact) mass is 250 g/mol. The summed E-state index contributed by atoms with van der Waals surface area (Å²) in [7, 11) is -3.69. The van der Waals surface area contributed by atoms with Gasteiger partial charge >= 0.3 is 7.60 Å². The summed E-state index contributed by atoms with van der Waals surface area (Å²) < 4.78 is 15.9. The molecule has 0 rings (SSSR count). The Bertz CT molecular complexity index is 178. The quantitative estimate of drug-likeness (QED) is 0.530. The number of alkyl halides is 2. The zero-order valence-corrected chi connectivity index (χ0v) is 9.43. The van der Waals surface area contributed by atoms with E-state index in [0.717, 1.165) is 0 Å². The maximum atomic E-state index is 11.1. The Hall–Kier alpha value is 0.690. The van der Waals surface area contributed by atoms with Crippen LogP contribution in [-0.4, -0.2) is 40.6 Å². The molecule has 7 heteroatoms. The Morgan fingerprint density at radius 2 is 2.08 bits per heavy atom. The van der Waals surface area contributed by atoms with E-state index >= 15 is 0 Å². The van der Waals surface area contributed by atoms with Crippen molar-refractivity contribution < 1.29 is 19.1 Å². The Morgan fingerprint density at radius 3 is 2.46 bits per heavy atom. The molecule has 0 aliphatic carbocycles. The van der Waals surface area contributed by atoms with Crippen LogP contribution in [0, 0.1) is 0 Å². The summed E-state index contributed by atoms with van der Waals surface area (Å²) in [6, 6.07) is 0. The van der Waals surface area contributed by atoms with E-state index in [1.807, 2.05) is 0 Å². The highest BCUT2D eigenvalue weighted by molar-refractivity contribution is 7.52. The molecule has 2 atom stereocenters. The molecule has 0 aromatic carbocycles. The van der Waals surface area contributed by atoms with Gasteiger partial charge in [-0.05, 0) is 6.42 Å². The van der Waals surface area contributed by atoms with Crippen LogP contribution in [0.4, 0.5) is 0 Å². The first-order valence-electron chi connectivity index (χ1n) is 3.78. The molecule has 0 aromatic rings. The van der Waals surface area contributed by atoms with E-state index in [4.69, 9.17) is 37.7 Å². The molecule has 0 bridgehead atoms. The molecular weight excluding hydrogens is 238 g/mol. The van der Waals surface area contributed by atoms with Gasteiger partial charge in [-0.25, -0.2) is 0 Å². The smallest absolute Gasteiger partial charge is 0.330 e. The van der Waals surface area contributed by atoms with Crippen molar-refractivity contribution in [2.24, 2.45) is 0 Å². The molecule has 2 N–H and O–H groups in total. The SMILES string of the molecule is O=P(O)(CCO)OC(CCl)CCCl. The van der Waals surface area contributed by atoms with Gasteiger partial charge in [-0.1, -0.05) is 0 Å². The number of hydrogen-bond donors (Lipinski definition) is 2. The van der Waals surface area contributed by atoms with Gasteiger partial charge in [0.2, 0.25) is 0 Å². The minimum atomic E-state index is -3.69. The molecule has 0 aliphatic rings. The van der Waals surface area contributed by atoms with E-state index in [1.165, 1.54) is 0 Å². The summed E-state index contributed by atoms with van der Waals surface area (Å²) in [6.07, 6.45) is -0.384. The highest BCUT2D eigenvalue weighted by Crippen LogP contribution is 2.43. The van der Waals surface area contributed by atoms with Gasteiger partial charge in [0.25, 0.3) is 0 Å². The fourth-order valence-corrected chi connectivity index (χ4v) is 2.24. The topological polar surface area (TPSA) is 66.8 Å². The second kappa shape index (κ2) is 7.04. The normalized spacial score (nSPS) is 18.2. The molecule has 4 nitrogen and oxygen atoms in total. The first-order valence-corrected chi connectivity index (χ1v) is 6.62. The van der Waals surface area contributed by atoms with Crippen molar-refractivity contribution in [1.29, 1.82) is 0 Å². The average molecular weight is 251 g/mol. The van der Waals surface area contributed by atoms with Crippen LogP contribution in [0.3, 0.4) is 0 Å². The van der Waals surface area contributed by atoms with Gasteiger partial charge in [-0.2, -0.15) is 0 Å². The maximum absolute atomic E-state index is 11.1. The molecule has 0 heterocycles. The average Bonchev–Trinajstić information content (AvgIpc) is 2.03. The van der Waals surface area contributed by atoms with Crippen LogP contribution in [0.2, 0.25) is 0 Å². The minimum absolute atomic E-state index is 0.114. The molecule has 0 spiro atoms. The van der Waals surface area contributed by atoms with Gasteiger partial charge in [0.15, 0.2) is 0 Å². The molecule has 80 valence electrons. The zero-order chi connectivity index (χ0) is 10.3. The molecule has 13 heavy (non-hydrogen) atoms. The van der Waals surface area contributed by atoms with Crippen LogP contribution in [0.15, 0.2) is 0 Å². The van der Waals surface area contributed by atoms with Crippen molar-refractivity contribution in [3.05, 3.63) is 0 Å². The van der Waals surface area contributed by atoms with Crippen LogP contribution >= 0.6 is 30.8 Å². The second-order valence-electron chi connectivity index (χ2n) is 2.44. The third-order valence-electron chi connectivity index (χ3n) is 1.30. The summed E-state index contributed by atoms with van der Waals surface area (Å²) in [4.78, 5) is 9.11. The lowest BCUT2D eigenvalue weighted by Gasteiger charge is -2.17. The second-order valence-corrected chi connectivity index (χ2v) is 5.06. The van der Waals surface area contributed by atoms with Gasteiger partial charge in [0.05, 0.1) is 18.9 Å². The number of hydrogen-bond acceptors (Lipinski definition) is 3. The third kappa shape index (κ3) is 6.72. The highest BCUT2D eigenvalue weighted by Gasteiger charge is 2.23. The highest BCUT2D eigenvalue weighted by atomic mass is 35.5. The number of aliphatic hydroxyl groups is 1. The van der Waals surface area contributed by atoms with E-state index in [0.29, 0.717) is 12.3 Å². The summed E-state index contributed by atoms with van der Waals surface area (Å²) in [5, 5.41) is 8.45. The molecule has 0 fully saturated rings. The first kappa shape index (κ1) is 13.7. The molecule has 0 amide bonds. The lowest BCUT2D eigenvalue weighted by Crippen LogP contribution is -2.15. The minimum Gasteiger partial charge on any atom is -0.396 e. The van der Waals surface area contributed by atoms with Crippen LogP contribution in [0.5, 0.6) is 0 Å². The molecule has 0 saturated carbocycles. The van der Waals surface area contributed by atoms with Gasteiger partial charge in [0, 0.05) is 11.8 Å². The maximum Gasteiger partial charge on any atom is 0.330 e. The van der Waals surface area contributed by atoms with Gasteiger partial charge in [0.1, 0.15) is 0 Å². The molecule has 2 unspecified atom stereocenters. The van der Waals surface area contributed by atoms with Crippen LogP contribution in [0.25, 0.3) is 0 Å². The zero-order valence-electron chi connectivity index (χ0n) is 7.03. The van der Waals surface area contributed by atoms with Crippen molar-refractivity contribution in [1.82, 2.24) is 0 Å². The van der Waals surface area contributed by atoms with Gasteiger partial charge < -0.3 is 14.5 Å². The van der Waals surface area contributed by atoms with Crippen molar-refractivity contribution >= 4 is 30.8 Å². The lowest BCUT2D eigenvalue weighted by atomic mass is 10.3. The van der Waals surface area contributed by atoms with Crippen LogP contribution in [0.1, 0.15) is 6.42 Å². The predicted molar refractivity (Wildman–Crippen MR) is 52.7 cm³/mol. The van der Waals surface area contributed by atoms with Crippen molar-refractivity contribution in [2.75, 3.05) is 24.5 Å². The van der Waals surface area contributed by atoms with Crippen molar-refractivity contribution in [3.8, 4) is 0 Å². The van der Waals surface area contributed by atoms with Crippen molar-refractivity contribution in [2.45, 2.75) is 12.5 Å². The van der Waals surface area contributed by atoms with E-state index in [9.17, 15) is 4.57 Å². The molecule has 0 aliphatic heterocycles. The Morgan fingerprint density at radius 1 is 1.46 bits per heavy atom. The Labute approximate surface area is 87.3 Å². The Kier molecular flexibility index (Phi) is 7.42. The first-order chi connectivity index (χ1) is 6.05. The van der Waals surface area contributed by atoms with E-state index in [2.05, 4.69) is 0 Å². The van der Waals surface area contributed by atoms with E-state index in [-0.39, 0.29) is 18.6 Å². The fraction of sp³-hybridized carbons (Fsp3) is 1.00.